The predicted molar refractivity (Wildman–Crippen MR) is 263 cm³/mol. The Morgan fingerprint density at radius 3 is 1.52 bits per heavy atom. The number of aliphatic hydroxyl groups is 4. The molecule has 8 rings (SSSR count). The van der Waals surface area contributed by atoms with Gasteiger partial charge in [-0.1, -0.05) is 133 Å². The highest BCUT2D eigenvalue weighted by Crippen LogP contribution is 2.37. The van der Waals surface area contributed by atoms with Gasteiger partial charge in [-0.25, -0.2) is 0 Å². The van der Waals surface area contributed by atoms with Crippen molar-refractivity contribution in [3.63, 3.8) is 0 Å². The van der Waals surface area contributed by atoms with Crippen molar-refractivity contribution in [2.24, 2.45) is 0 Å². The molecule has 0 saturated carbocycles. The maximum atomic E-state index is 13.3. The van der Waals surface area contributed by atoms with Crippen LogP contribution in [0.15, 0.2) is 146 Å². The van der Waals surface area contributed by atoms with E-state index in [-0.39, 0.29) is 39.6 Å². The molecule has 5 N–H and O–H groups in total. The number of nitrogens with one attached hydrogen (secondary N) is 1. The molecule has 3 aliphatic rings. The van der Waals surface area contributed by atoms with Crippen LogP contribution in [-0.2, 0) is 85.2 Å². The summed E-state index contributed by atoms with van der Waals surface area (Å²) in [6, 6.07) is 44.7. The molecular formula is C56H67NO16. The topological polar surface area (TPSA) is 212 Å². The largest absolute Gasteiger partial charge is 0.497 e. The van der Waals surface area contributed by atoms with Crippen molar-refractivity contribution >= 4 is 5.91 Å². The van der Waals surface area contributed by atoms with Gasteiger partial charge in [0.2, 0.25) is 5.91 Å². The van der Waals surface area contributed by atoms with Crippen LogP contribution in [-0.4, -0.2) is 139 Å². The molecule has 0 radical (unpaired) electrons. The molecule has 0 aromatic heterocycles. The third kappa shape index (κ3) is 14.6. The fourth-order valence-corrected chi connectivity index (χ4v) is 9.13. The van der Waals surface area contributed by atoms with Gasteiger partial charge >= 0.3 is 0 Å². The second-order valence-electron chi connectivity index (χ2n) is 18.3. The smallest absolute Gasteiger partial charge is 0.217 e. The number of rotatable bonds is 23. The van der Waals surface area contributed by atoms with E-state index >= 15 is 0 Å². The van der Waals surface area contributed by atoms with Gasteiger partial charge in [-0.15, -0.1) is 0 Å². The molecule has 3 saturated heterocycles. The molecule has 3 fully saturated rings. The Morgan fingerprint density at radius 1 is 0.507 bits per heavy atom. The molecule has 0 bridgehead atoms. The van der Waals surface area contributed by atoms with Gasteiger partial charge in [0, 0.05) is 6.92 Å². The first-order chi connectivity index (χ1) is 35.6. The molecule has 17 heteroatoms. The Kier molecular flexibility index (Phi) is 19.9. The van der Waals surface area contributed by atoms with E-state index in [1.807, 2.05) is 140 Å². The summed E-state index contributed by atoms with van der Waals surface area (Å²) in [6.45, 7) is 3.06. The van der Waals surface area contributed by atoms with Crippen LogP contribution in [0.2, 0.25) is 0 Å². The minimum atomic E-state index is -1.84. The molecule has 17 nitrogen and oxygen atoms in total. The van der Waals surface area contributed by atoms with Gasteiger partial charge in [-0.3, -0.25) is 4.79 Å². The van der Waals surface area contributed by atoms with Crippen molar-refractivity contribution in [2.75, 3.05) is 20.3 Å². The molecule has 1 amide bonds. The third-order valence-electron chi connectivity index (χ3n) is 13.0. The summed E-state index contributed by atoms with van der Waals surface area (Å²) in [6.07, 6.45) is -17.8. The molecule has 5 aromatic rings. The number of benzene rings is 5. The SMILES string of the molecule is COc1ccc(CO[C@@H]2O[C@H](COCc3ccccc3)[C@@H](O[C@@H]3O[C@@H](C)[C@@H](OCc4ccccc4)[C@@H](OCc4ccccc4)[C@@H]3OCc3ccccc3)[C@H](O[C@@H]3O[C@H](CO)[C@H](O)[C@H](O)[C@H]3O)[C@H]2NC(C)=O)cc1. The fourth-order valence-electron chi connectivity index (χ4n) is 9.13. The van der Waals surface area contributed by atoms with Gasteiger partial charge < -0.3 is 77.8 Å². The van der Waals surface area contributed by atoms with Crippen LogP contribution in [0.5, 0.6) is 5.75 Å². The molecule has 3 aliphatic heterocycles. The summed E-state index contributed by atoms with van der Waals surface area (Å²) in [5.41, 5.74) is 4.34. The second-order valence-corrected chi connectivity index (χ2v) is 18.3. The average Bonchev–Trinajstić information content (AvgIpc) is 3.41. The first-order valence-electron chi connectivity index (χ1n) is 24.6. The van der Waals surface area contributed by atoms with Crippen molar-refractivity contribution < 1.29 is 77.3 Å². The number of aliphatic hydroxyl groups excluding tert-OH is 4. The van der Waals surface area contributed by atoms with E-state index in [2.05, 4.69) is 5.32 Å². The normalized spacial score (nSPS) is 30.4. The summed E-state index contributed by atoms with van der Waals surface area (Å²) < 4.78 is 72.3. The van der Waals surface area contributed by atoms with Crippen LogP contribution < -0.4 is 10.1 Å². The van der Waals surface area contributed by atoms with Gasteiger partial charge in [-0.05, 0) is 46.9 Å². The Hall–Kier alpha value is -5.19. The van der Waals surface area contributed by atoms with Crippen molar-refractivity contribution in [2.45, 2.75) is 139 Å². The van der Waals surface area contributed by atoms with Crippen LogP contribution in [0, 0.1) is 0 Å². The fraction of sp³-hybridized carbons (Fsp3) is 0.446. The first kappa shape index (κ1) is 54.1. The number of ether oxygens (including phenoxy) is 11. The number of amides is 1. The van der Waals surface area contributed by atoms with Gasteiger partial charge in [0.15, 0.2) is 18.9 Å². The van der Waals surface area contributed by atoms with E-state index in [1.165, 1.54) is 6.92 Å². The monoisotopic (exact) mass is 1010 g/mol. The summed E-state index contributed by atoms with van der Waals surface area (Å²) in [7, 11) is 1.57. The van der Waals surface area contributed by atoms with E-state index in [4.69, 9.17) is 52.1 Å². The van der Waals surface area contributed by atoms with Crippen LogP contribution in [0.4, 0.5) is 0 Å². The highest BCUT2D eigenvalue weighted by Gasteiger charge is 2.56. The standard InChI is InChI=1S/C56H67NO16/c1-35-49(65-30-38-18-10-5-11-19-38)52(66-31-39-20-12-6-13-21-39)53(67-32-40-22-14-7-15-23-40)56(69-35)72-50-44(34-64-29-37-16-8-4-9-17-37)71-54(68-33-41-24-26-42(63-3)27-25-41)45(57-36(2)59)51(50)73-55-48(62)47(61)46(60)43(28-58)70-55/h4-27,35,43-56,58,60-62H,28-34H2,1-3H3,(H,57,59)/t35-,43+,44+,45+,46-,47-,48+,49+,50+,51+,52+,53-,54+,55-,56-/m0/s1. The van der Waals surface area contributed by atoms with Crippen molar-refractivity contribution in [3.05, 3.63) is 173 Å². The molecule has 0 unspecified atom stereocenters. The molecule has 15 atom stereocenters. The lowest BCUT2D eigenvalue weighted by molar-refractivity contribution is -0.380. The quantitative estimate of drug-likeness (QED) is 0.0599. The van der Waals surface area contributed by atoms with Gasteiger partial charge in [0.25, 0.3) is 0 Å². The van der Waals surface area contributed by atoms with Crippen molar-refractivity contribution in [1.82, 2.24) is 5.32 Å². The molecular weight excluding hydrogens is 943 g/mol. The third-order valence-corrected chi connectivity index (χ3v) is 13.0. The van der Waals surface area contributed by atoms with Gasteiger partial charge in [-0.2, -0.15) is 0 Å². The predicted octanol–water partition coefficient (Wildman–Crippen LogP) is 4.73. The lowest BCUT2D eigenvalue weighted by Gasteiger charge is -2.51. The number of hydrogen-bond donors (Lipinski definition) is 5. The summed E-state index contributed by atoms with van der Waals surface area (Å²) in [5, 5.41) is 46.5. The second kappa shape index (κ2) is 26.9. The minimum absolute atomic E-state index is 0.00405. The molecule has 5 aromatic carbocycles. The molecule has 0 aliphatic carbocycles. The summed E-state index contributed by atoms with van der Waals surface area (Å²) in [5.74, 6) is 0.149. The zero-order valence-electron chi connectivity index (χ0n) is 41.2. The van der Waals surface area contributed by atoms with E-state index in [0.717, 1.165) is 27.8 Å². The Labute approximate surface area is 425 Å². The molecule has 392 valence electrons. The number of methoxy groups -OCH3 is 1. The lowest BCUT2D eigenvalue weighted by atomic mass is 9.94. The minimum Gasteiger partial charge on any atom is -0.497 e. The zero-order chi connectivity index (χ0) is 51.1. The van der Waals surface area contributed by atoms with Gasteiger partial charge in [0.05, 0.1) is 59.5 Å². The zero-order valence-corrected chi connectivity index (χ0v) is 41.2. The molecule has 73 heavy (non-hydrogen) atoms. The Bertz CT molecular complexity index is 2370. The van der Waals surface area contributed by atoms with Crippen LogP contribution >= 0.6 is 0 Å². The van der Waals surface area contributed by atoms with E-state index in [1.54, 1.807) is 19.2 Å². The highest BCUT2D eigenvalue weighted by atomic mass is 16.8. The number of carbonyl (C=O) groups is 1. The van der Waals surface area contributed by atoms with Crippen LogP contribution in [0.3, 0.4) is 0 Å². The highest BCUT2D eigenvalue weighted by molar-refractivity contribution is 5.73. The van der Waals surface area contributed by atoms with E-state index < -0.39 is 105 Å². The van der Waals surface area contributed by atoms with E-state index in [0.29, 0.717) is 5.75 Å². The first-order valence-corrected chi connectivity index (χ1v) is 24.6. The van der Waals surface area contributed by atoms with Crippen molar-refractivity contribution in [3.8, 4) is 5.75 Å². The summed E-state index contributed by atoms with van der Waals surface area (Å²) in [4.78, 5) is 13.3. The number of hydrogen-bond acceptors (Lipinski definition) is 16. The van der Waals surface area contributed by atoms with Crippen LogP contribution in [0.1, 0.15) is 41.7 Å². The lowest BCUT2D eigenvalue weighted by Crippen LogP contribution is -2.70. The van der Waals surface area contributed by atoms with E-state index in [9.17, 15) is 25.2 Å². The van der Waals surface area contributed by atoms with Crippen molar-refractivity contribution in [1.29, 1.82) is 0 Å². The Balaban J connectivity index is 1.19. The average molecular weight is 1010 g/mol. The van der Waals surface area contributed by atoms with Gasteiger partial charge in [0.1, 0.15) is 72.8 Å². The molecule has 0 spiro atoms. The Morgan fingerprint density at radius 2 is 0.986 bits per heavy atom. The maximum absolute atomic E-state index is 13.3. The number of carbonyl (C=O) groups excluding carboxylic acids is 1. The summed E-state index contributed by atoms with van der Waals surface area (Å²) >= 11 is 0. The van der Waals surface area contributed by atoms with Crippen LogP contribution in [0.25, 0.3) is 0 Å². The molecule has 3 heterocycles. The maximum Gasteiger partial charge on any atom is 0.217 e.